The highest BCUT2D eigenvalue weighted by Gasteiger charge is 2.12. The SMILES string of the molecule is COCCNc1ncc(C#Cc2cccnc2)cc1C(=O)NO. The number of hydrogen-bond acceptors (Lipinski definition) is 6. The summed E-state index contributed by atoms with van der Waals surface area (Å²) in [6.07, 6.45) is 4.85. The summed E-state index contributed by atoms with van der Waals surface area (Å²) in [6.45, 7) is 0.945. The molecule has 0 bridgehead atoms. The maximum atomic E-state index is 11.8. The summed E-state index contributed by atoms with van der Waals surface area (Å²) in [7, 11) is 1.58. The Hall–Kier alpha value is -2.95. The molecule has 0 unspecified atom stereocenters. The minimum absolute atomic E-state index is 0.196. The number of rotatable bonds is 5. The van der Waals surface area contributed by atoms with Gasteiger partial charge < -0.3 is 10.1 Å². The van der Waals surface area contributed by atoms with Crippen LogP contribution in [0.1, 0.15) is 21.5 Å². The highest BCUT2D eigenvalue weighted by atomic mass is 16.5. The Morgan fingerprint density at radius 2 is 2.17 bits per heavy atom. The van der Waals surface area contributed by atoms with Gasteiger partial charge in [-0.1, -0.05) is 11.8 Å². The van der Waals surface area contributed by atoms with Crippen LogP contribution in [0.15, 0.2) is 36.8 Å². The summed E-state index contributed by atoms with van der Waals surface area (Å²) in [4.78, 5) is 19.9. The van der Waals surface area contributed by atoms with Crippen molar-refractivity contribution in [2.24, 2.45) is 0 Å². The van der Waals surface area contributed by atoms with E-state index in [4.69, 9.17) is 9.94 Å². The van der Waals surface area contributed by atoms with Crippen molar-refractivity contribution >= 4 is 11.7 Å². The van der Waals surface area contributed by atoms with Crippen LogP contribution in [0.4, 0.5) is 5.82 Å². The second kappa shape index (κ2) is 8.48. The molecule has 0 aliphatic rings. The number of carbonyl (C=O) groups is 1. The zero-order valence-corrected chi connectivity index (χ0v) is 12.5. The molecule has 0 saturated carbocycles. The minimum atomic E-state index is -0.664. The standard InChI is InChI=1S/C16H16N4O3/c1-23-8-7-18-15-14(16(21)20-22)9-13(11-19-15)5-4-12-3-2-6-17-10-12/h2-3,6,9-11,22H,7-8H2,1H3,(H,18,19)(H,20,21). The molecule has 2 aromatic heterocycles. The molecule has 0 saturated heterocycles. The van der Waals surface area contributed by atoms with E-state index < -0.39 is 5.91 Å². The van der Waals surface area contributed by atoms with E-state index in [0.29, 0.717) is 24.5 Å². The molecule has 1 amide bonds. The van der Waals surface area contributed by atoms with Crippen molar-refractivity contribution in [1.82, 2.24) is 15.4 Å². The van der Waals surface area contributed by atoms with Crippen molar-refractivity contribution < 1.29 is 14.7 Å². The van der Waals surface area contributed by atoms with Crippen LogP contribution in [-0.4, -0.2) is 41.3 Å². The highest BCUT2D eigenvalue weighted by Crippen LogP contribution is 2.14. The van der Waals surface area contributed by atoms with Gasteiger partial charge >= 0.3 is 0 Å². The third kappa shape index (κ3) is 4.78. The minimum Gasteiger partial charge on any atom is -0.383 e. The van der Waals surface area contributed by atoms with Gasteiger partial charge in [-0.05, 0) is 18.2 Å². The monoisotopic (exact) mass is 312 g/mol. The molecule has 2 rings (SSSR count). The second-order valence-corrected chi connectivity index (χ2v) is 4.47. The molecule has 0 aliphatic heterocycles. The van der Waals surface area contributed by atoms with Crippen molar-refractivity contribution in [3.63, 3.8) is 0 Å². The van der Waals surface area contributed by atoms with E-state index in [1.807, 2.05) is 6.07 Å². The quantitative estimate of drug-likeness (QED) is 0.330. The molecule has 0 aliphatic carbocycles. The number of hydrogen-bond donors (Lipinski definition) is 3. The predicted molar refractivity (Wildman–Crippen MR) is 84.1 cm³/mol. The zero-order valence-electron chi connectivity index (χ0n) is 12.5. The van der Waals surface area contributed by atoms with E-state index in [-0.39, 0.29) is 5.56 Å². The molecule has 0 aromatic carbocycles. The predicted octanol–water partition coefficient (Wildman–Crippen LogP) is 1.05. The topological polar surface area (TPSA) is 96.4 Å². The number of nitrogens with one attached hydrogen (secondary N) is 2. The third-order valence-corrected chi connectivity index (χ3v) is 2.85. The lowest BCUT2D eigenvalue weighted by Gasteiger charge is -2.09. The molecule has 23 heavy (non-hydrogen) atoms. The number of carbonyl (C=O) groups excluding carboxylic acids is 1. The number of amides is 1. The normalized spacial score (nSPS) is 9.65. The lowest BCUT2D eigenvalue weighted by Crippen LogP contribution is -2.22. The molecule has 3 N–H and O–H groups in total. The number of aromatic nitrogens is 2. The van der Waals surface area contributed by atoms with Gasteiger partial charge in [-0.15, -0.1) is 0 Å². The van der Waals surface area contributed by atoms with Crippen LogP contribution in [0.2, 0.25) is 0 Å². The number of nitrogens with zero attached hydrogens (tertiary/aromatic N) is 2. The van der Waals surface area contributed by atoms with Crippen LogP contribution < -0.4 is 10.8 Å². The summed E-state index contributed by atoms with van der Waals surface area (Å²) in [6, 6.07) is 5.17. The van der Waals surface area contributed by atoms with E-state index in [0.717, 1.165) is 5.56 Å². The van der Waals surface area contributed by atoms with Gasteiger partial charge in [0, 0.05) is 43.4 Å². The average molecular weight is 312 g/mol. The van der Waals surface area contributed by atoms with E-state index in [1.165, 1.54) is 0 Å². The van der Waals surface area contributed by atoms with Crippen LogP contribution in [0.3, 0.4) is 0 Å². The van der Waals surface area contributed by atoms with Crippen molar-refractivity contribution in [3.8, 4) is 11.8 Å². The largest absolute Gasteiger partial charge is 0.383 e. The van der Waals surface area contributed by atoms with Gasteiger partial charge in [0.1, 0.15) is 5.82 Å². The van der Waals surface area contributed by atoms with Gasteiger partial charge in [0.2, 0.25) is 0 Å². The van der Waals surface area contributed by atoms with Crippen molar-refractivity contribution in [2.75, 3.05) is 25.6 Å². The smallest absolute Gasteiger partial charge is 0.278 e. The Labute approximate surface area is 133 Å². The summed E-state index contributed by atoms with van der Waals surface area (Å²) >= 11 is 0. The first-order valence-electron chi connectivity index (χ1n) is 6.84. The number of anilines is 1. The van der Waals surface area contributed by atoms with Crippen LogP contribution >= 0.6 is 0 Å². The molecule has 2 heterocycles. The molecule has 0 fully saturated rings. The van der Waals surface area contributed by atoms with Crippen molar-refractivity contribution in [3.05, 3.63) is 53.5 Å². The molecule has 2 aromatic rings. The maximum Gasteiger partial charge on any atom is 0.278 e. The van der Waals surface area contributed by atoms with Gasteiger partial charge in [0.05, 0.1) is 12.2 Å². The zero-order chi connectivity index (χ0) is 16.5. The fourth-order valence-electron chi connectivity index (χ4n) is 1.76. The number of ether oxygens (including phenoxy) is 1. The highest BCUT2D eigenvalue weighted by molar-refractivity contribution is 5.98. The molecule has 0 spiro atoms. The van der Waals surface area contributed by atoms with Crippen molar-refractivity contribution in [2.45, 2.75) is 0 Å². The maximum absolute atomic E-state index is 11.8. The number of methoxy groups -OCH3 is 1. The summed E-state index contributed by atoms with van der Waals surface area (Å²) in [5.41, 5.74) is 3.10. The second-order valence-electron chi connectivity index (χ2n) is 4.47. The van der Waals surface area contributed by atoms with Gasteiger partial charge in [0.15, 0.2) is 0 Å². The lowest BCUT2D eigenvalue weighted by molar-refractivity contribution is 0.0707. The van der Waals surface area contributed by atoms with Crippen molar-refractivity contribution in [1.29, 1.82) is 0 Å². The Morgan fingerprint density at radius 1 is 1.35 bits per heavy atom. The van der Waals surface area contributed by atoms with Crippen LogP contribution in [0.25, 0.3) is 0 Å². The Bertz CT molecular complexity index is 723. The van der Waals surface area contributed by atoms with Crippen LogP contribution in [0, 0.1) is 11.8 Å². The molecular weight excluding hydrogens is 296 g/mol. The Morgan fingerprint density at radius 3 is 2.87 bits per heavy atom. The fourth-order valence-corrected chi connectivity index (χ4v) is 1.76. The molecule has 7 heteroatoms. The molecule has 7 nitrogen and oxygen atoms in total. The van der Waals surface area contributed by atoms with E-state index in [1.54, 1.807) is 43.3 Å². The molecular formula is C16H16N4O3. The van der Waals surface area contributed by atoms with Gasteiger partial charge in [-0.2, -0.15) is 0 Å². The van der Waals surface area contributed by atoms with E-state index in [2.05, 4.69) is 27.1 Å². The summed E-state index contributed by atoms with van der Waals surface area (Å²) < 4.78 is 4.93. The summed E-state index contributed by atoms with van der Waals surface area (Å²) in [5, 5.41) is 11.8. The first-order chi connectivity index (χ1) is 11.2. The van der Waals surface area contributed by atoms with Gasteiger partial charge in [-0.25, -0.2) is 10.5 Å². The molecule has 0 atom stereocenters. The first kappa shape index (κ1) is 16.4. The first-order valence-corrected chi connectivity index (χ1v) is 6.84. The third-order valence-electron chi connectivity index (χ3n) is 2.85. The van der Waals surface area contributed by atoms with E-state index >= 15 is 0 Å². The summed E-state index contributed by atoms with van der Waals surface area (Å²) in [5.74, 6) is 5.52. The number of pyridine rings is 2. The number of hydroxylamine groups is 1. The Balaban J connectivity index is 2.25. The lowest BCUT2D eigenvalue weighted by atomic mass is 10.1. The fraction of sp³-hybridized carbons (Fsp3) is 0.188. The van der Waals surface area contributed by atoms with Gasteiger partial charge in [0.25, 0.3) is 5.91 Å². The van der Waals surface area contributed by atoms with Crippen LogP contribution in [-0.2, 0) is 4.74 Å². The molecule has 0 radical (unpaired) electrons. The molecule has 118 valence electrons. The van der Waals surface area contributed by atoms with Crippen LogP contribution in [0.5, 0.6) is 0 Å². The Kier molecular flexibility index (Phi) is 6.06. The van der Waals surface area contributed by atoms with Gasteiger partial charge in [-0.3, -0.25) is 15.0 Å². The average Bonchev–Trinajstić information content (AvgIpc) is 2.61. The van der Waals surface area contributed by atoms with E-state index in [9.17, 15) is 4.79 Å².